The van der Waals surface area contributed by atoms with Crippen molar-refractivity contribution in [2.24, 2.45) is 0 Å². The smallest absolute Gasteiger partial charge is 0.221 e. The Morgan fingerprint density at radius 1 is 1.22 bits per heavy atom. The number of rotatable bonds is 2. The van der Waals surface area contributed by atoms with Crippen LogP contribution in [0.2, 0.25) is 0 Å². The van der Waals surface area contributed by atoms with Crippen molar-refractivity contribution in [3.05, 3.63) is 36.0 Å². The highest BCUT2D eigenvalue weighted by Gasteiger charge is 2.16. The monoisotopic (exact) mass is 242 g/mol. The lowest BCUT2D eigenvalue weighted by atomic mass is 10.1. The molecule has 3 heteroatoms. The highest BCUT2D eigenvalue weighted by atomic mass is 16.5. The van der Waals surface area contributed by atoms with Gasteiger partial charge in [0.1, 0.15) is 6.10 Å². The molecular weight excluding hydrogens is 224 g/mol. The van der Waals surface area contributed by atoms with Gasteiger partial charge in [-0.3, -0.25) is 0 Å². The predicted octanol–water partition coefficient (Wildman–Crippen LogP) is 2.67. The lowest BCUT2D eigenvalue weighted by Crippen LogP contribution is -2.34. The van der Waals surface area contributed by atoms with Crippen LogP contribution in [-0.4, -0.2) is 24.2 Å². The van der Waals surface area contributed by atoms with Gasteiger partial charge in [-0.1, -0.05) is 17.7 Å². The van der Waals surface area contributed by atoms with Gasteiger partial charge in [0, 0.05) is 11.6 Å². The van der Waals surface area contributed by atoms with Crippen molar-refractivity contribution < 1.29 is 4.74 Å². The first-order valence-corrected chi connectivity index (χ1v) is 6.56. The minimum absolute atomic E-state index is 0.296. The van der Waals surface area contributed by atoms with Crippen LogP contribution < -0.4 is 10.1 Å². The number of benzene rings is 1. The SMILES string of the molecule is Cc1ccc2ccnc(OC3CCNCC3)c2c1. The number of piperidine rings is 1. The van der Waals surface area contributed by atoms with E-state index in [9.17, 15) is 0 Å². The number of aryl methyl sites for hydroxylation is 1. The first-order valence-electron chi connectivity index (χ1n) is 6.56. The molecule has 1 fully saturated rings. The summed E-state index contributed by atoms with van der Waals surface area (Å²) >= 11 is 0. The maximum Gasteiger partial charge on any atom is 0.221 e. The van der Waals surface area contributed by atoms with Crippen LogP contribution in [0.3, 0.4) is 0 Å². The number of nitrogens with one attached hydrogen (secondary N) is 1. The minimum atomic E-state index is 0.296. The Labute approximate surface area is 107 Å². The molecule has 0 bridgehead atoms. The van der Waals surface area contributed by atoms with Crippen molar-refractivity contribution >= 4 is 10.8 Å². The zero-order chi connectivity index (χ0) is 12.4. The molecule has 18 heavy (non-hydrogen) atoms. The molecule has 1 aromatic heterocycles. The Morgan fingerprint density at radius 3 is 2.89 bits per heavy atom. The quantitative estimate of drug-likeness (QED) is 0.879. The third-order valence-electron chi connectivity index (χ3n) is 3.45. The van der Waals surface area contributed by atoms with Crippen LogP contribution in [0.4, 0.5) is 0 Å². The van der Waals surface area contributed by atoms with E-state index in [0.717, 1.165) is 37.2 Å². The van der Waals surface area contributed by atoms with Crippen molar-refractivity contribution in [3.63, 3.8) is 0 Å². The molecule has 1 N–H and O–H groups in total. The van der Waals surface area contributed by atoms with E-state index < -0.39 is 0 Å². The third kappa shape index (κ3) is 2.31. The van der Waals surface area contributed by atoms with Crippen molar-refractivity contribution in [3.8, 4) is 5.88 Å². The molecule has 0 radical (unpaired) electrons. The highest BCUT2D eigenvalue weighted by molar-refractivity contribution is 5.87. The van der Waals surface area contributed by atoms with Crippen LogP contribution in [0.1, 0.15) is 18.4 Å². The number of hydrogen-bond donors (Lipinski definition) is 1. The van der Waals surface area contributed by atoms with Crippen LogP contribution in [0, 0.1) is 6.92 Å². The van der Waals surface area contributed by atoms with Crippen molar-refractivity contribution in [1.29, 1.82) is 0 Å². The van der Waals surface area contributed by atoms with Gasteiger partial charge in [-0.2, -0.15) is 0 Å². The number of hydrogen-bond acceptors (Lipinski definition) is 3. The zero-order valence-corrected chi connectivity index (χ0v) is 10.6. The third-order valence-corrected chi connectivity index (χ3v) is 3.45. The summed E-state index contributed by atoms with van der Waals surface area (Å²) in [7, 11) is 0. The average Bonchev–Trinajstić information content (AvgIpc) is 2.41. The molecule has 1 saturated heterocycles. The first-order chi connectivity index (χ1) is 8.83. The summed E-state index contributed by atoms with van der Waals surface area (Å²) in [5, 5.41) is 5.66. The average molecular weight is 242 g/mol. The van der Waals surface area contributed by atoms with Gasteiger partial charge < -0.3 is 10.1 Å². The molecule has 3 rings (SSSR count). The van der Waals surface area contributed by atoms with Crippen molar-refractivity contribution in [1.82, 2.24) is 10.3 Å². The summed E-state index contributed by atoms with van der Waals surface area (Å²) in [6, 6.07) is 8.43. The van der Waals surface area contributed by atoms with E-state index >= 15 is 0 Å². The number of fused-ring (bicyclic) bond motifs is 1. The molecule has 0 saturated carbocycles. The van der Waals surface area contributed by atoms with E-state index in [2.05, 4.69) is 35.4 Å². The summed E-state index contributed by atoms with van der Waals surface area (Å²) < 4.78 is 6.07. The maximum absolute atomic E-state index is 6.07. The van der Waals surface area contributed by atoms with Gasteiger partial charge in [-0.25, -0.2) is 4.98 Å². The second-order valence-corrected chi connectivity index (χ2v) is 4.91. The van der Waals surface area contributed by atoms with E-state index in [1.807, 2.05) is 12.3 Å². The fourth-order valence-electron chi connectivity index (χ4n) is 2.42. The first kappa shape index (κ1) is 11.5. The standard InChI is InChI=1S/C15H18N2O/c1-11-2-3-12-4-9-17-15(14(12)10-11)18-13-5-7-16-8-6-13/h2-4,9-10,13,16H,5-8H2,1H3. The zero-order valence-electron chi connectivity index (χ0n) is 10.6. The lowest BCUT2D eigenvalue weighted by Gasteiger charge is -2.23. The summed E-state index contributed by atoms with van der Waals surface area (Å²) in [4.78, 5) is 4.40. The summed E-state index contributed by atoms with van der Waals surface area (Å²) in [5.41, 5.74) is 1.24. The molecule has 1 aliphatic rings. The summed E-state index contributed by atoms with van der Waals surface area (Å²) in [5.74, 6) is 0.781. The van der Waals surface area contributed by atoms with E-state index in [1.54, 1.807) is 0 Å². The molecule has 94 valence electrons. The van der Waals surface area contributed by atoms with Crippen LogP contribution >= 0.6 is 0 Å². The molecule has 0 unspecified atom stereocenters. The normalized spacial score (nSPS) is 16.9. The lowest BCUT2D eigenvalue weighted by molar-refractivity contribution is 0.158. The molecule has 0 aliphatic carbocycles. The minimum Gasteiger partial charge on any atom is -0.474 e. The van der Waals surface area contributed by atoms with E-state index in [1.165, 1.54) is 10.9 Å². The Bertz CT molecular complexity index is 547. The van der Waals surface area contributed by atoms with Gasteiger partial charge in [0.05, 0.1) is 0 Å². The molecule has 2 heterocycles. The predicted molar refractivity (Wildman–Crippen MR) is 73.0 cm³/mol. The second kappa shape index (κ2) is 4.94. The van der Waals surface area contributed by atoms with Crippen molar-refractivity contribution in [2.75, 3.05) is 13.1 Å². The van der Waals surface area contributed by atoms with Crippen LogP contribution in [-0.2, 0) is 0 Å². The fraction of sp³-hybridized carbons (Fsp3) is 0.400. The number of ether oxygens (including phenoxy) is 1. The molecular formula is C15H18N2O. The summed E-state index contributed by atoms with van der Waals surface area (Å²) in [6.45, 7) is 4.17. The van der Waals surface area contributed by atoms with Crippen LogP contribution in [0.25, 0.3) is 10.8 Å². The maximum atomic E-state index is 6.07. The van der Waals surface area contributed by atoms with Gasteiger partial charge in [-0.05, 0) is 50.4 Å². The molecule has 1 aliphatic heterocycles. The molecule has 0 atom stereocenters. The molecule has 1 aromatic carbocycles. The Hall–Kier alpha value is -1.61. The molecule has 2 aromatic rings. The molecule has 3 nitrogen and oxygen atoms in total. The Kier molecular flexibility index (Phi) is 3.15. The molecule has 0 amide bonds. The van der Waals surface area contributed by atoms with Crippen LogP contribution in [0.15, 0.2) is 30.5 Å². The number of pyridine rings is 1. The van der Waals surface area contributed by atoms with Crippen LogP contribution in [0.5, 0.6) is 5.88 Å². The number of aromatic nitrogens is 1. The van der Waals surface area contributed by atoms with Gasteiger partial charge >= 0.3 is 0 Å². The second-order valence-electron chi connectivity index (χ2n) is 4.91. The van der Waals surface area contributed by atoms with E-state index in [0.29, 0.717) is 6.10 Å². The Balaban J connectivity index is 1.92. The van der Waals surface area contributed by atoms with Crippen molar-refractivity contribution in [2.45, 2.75) is 25.9 Å². The Morgan fingerprint density at radius 2 is 2.06 bits per heavy atom. The highest BCUT2D eigenvalue weighted by Crippen LogP contribution is 2.26. The van der Waals surface area contributed by atoms with Gasteiger partial charge in [0.2, 0.25) is 5.88 Å². The summed E-state index contributed by atoms with van der Waals surface area (Å²) in [6.07, 6.45) is 4.24. The molecule has 0 spiro atoms. The topological polar surface area (TPSA) is 34.1 Å². The van der Waals surface area contributed by atoms with Gasteiger partial charge in [0.25, 0.3) is 0 Å². The van der Waals surface area contributed by atoms with Gasteiger partial charge in [-0.15, -0.1) is 0 Å². The largest absolute Gasteiger partial charge is 0.474 e. The van der Waals surface area contributed by atoms with Gasteiger partial charge in [0.15, 0.2) is 0 Å². The van der Waals surface area contributed by atoms with E-state index in [-0.39, 0.29) is 0 Å². The fourth-order valence-corrected chi connectivity index (χ4v) is 2.42. The number of nitrogens with zero attached hydrogens (tertiary/aromatic N) is 1. The van der Waals surface area contributed by atoms with E-state index in [4.69, 9.17) is 4.74 Å².